The van der Waals surface area contributed by atoms with Crippen LogP contribution in [0.2, 0.25) is 0 Å². The number of phenolic OH excluding ortho intramolecular Hbond substituents is 1. The predicted molar refractivity (Wildman–Crippen MR) is 80.3 cm³/mol. The minimum Gasteiger partial charge on any atom is -0.508 e. The molecule has 20 heavy (non-hydrogen) atoms. The number of nitrogens with one attached hydrogen (secondary N) is 1. The summed E-state index contributed by atoms with van der Waals surface area (Å²) in [5.41, 5.74) is 0.628. The number of halogens is 1. The van der Waals surface area contributed by atoms with E-state index in [4.69, 9.17) is 0 Å². The highest BCUT2D eigenvalue weighted by Crippen LogP contribution is 2.28. The topological polar surface area (TPSA) is 32.3 Å². The highest BCUT2D eigenvalue weighted by atomic mass is 19.1. The first-order valence-corrected chi connectivity index (χ1v) is 7.82. The normalized spacial score (nSPS) is 20.4. The third kappa shape index (κ3) is 3.95. The number of rotatable bonds is 4. The molecule has 112 valence electrons. The first kappa shape index (κ1) is 15.3. The summed E-state index contributed by atoms with van der Waals surface area (Å²) in [6, 6.07) is 4.77. The molecule has 0 saturated heterocycles. The molecule has 1 saturated carbocycles. The van der Waals surface area contributed by atoms with E-state index in [1.807, 2.05) is 6.92 Å². The van der Waals surface area contributed by atoms with E-state index in [1.165, 1.54) is 44.6 Å². The predicted octanol–water partition coefficient (Wildman–Crippen LogP) is 4.54. The van der Waals surface area contributed by atoms with Gasteiger partial charge >= 0.3 is 0 Å². The molecule has 0 amide bonds. The number of hydrogen-bond acceptors (Lipinski definition) is 2. The average Bonchev–Trinajstić information content (AvgIpc) is 2.67. The number of aromatic hydroxyl groups is 1. The Balaban J connectivity index is 1.97. The molecule has 1 fully saturated rings. The molecule has 1 aliphatic carbocycles. The summed E-state index contributed by atoms with van der Waals surface area (Å²) in [7, 11) is 0. The molecule has 1 unspecified atom stereocenters. The van der Waals surface area contributed by atoms with Crippen LogP contribution >= 0.6 is 0 Å². The van der Waals surface area contributed by atoms with Crippen LogP contribution in [0.25, 0.3) is 0 Å². The average molecular weight is 279 g/mol. The minimum absolute atomic E-state index is 0.0183. The van der Waals surface area contributed by atoms with Crippen LogP contribution in [-0.2, 0) is 0 Å². The van der Waals surface area contributed by atoms with Crippen molar-refractivity contribution >= 4 is 0 Å². The summed E-state index contributed by atoms with van der Waals surface area (Å²) in [6.45, 7) is 4.20. The van der Waals surface area contributed by atoms with Gasteiger partial charge in [-0.2, -0.15) is 0 Å². The zero-order valence-electron chi connectivity index (χ0n) is 12.5. The molecule has 1 aliphatic rings. The molecule has 2 atom stereocenters. The molecule has 0 bridgehead atoms. The van der Waals surface area contributed by atoms with Gasteiger partial charge in [-0.05, 0) is 38.7 Å². The van der Waals surface area contributed by atoms with Crippen LogP contribution in [-0.4, -0.2) is 11.1 Å². The van der Waals surface area contributed by atoms with Gasteiger partial charge in [-0.25, -0.2) is 4.39 Å². The number of hydrogen-bond donors (Lipinski definition) is 2. The zero-order chi connectivity index (χ0) is 14.5. The van der Waals surface area contributed by atoms with Gasteiger partial charge < -0.3 is 10.4 Å². The summed E-state index contributed by atoms with van der Waals surface area (Å²) in [6.07, 6.45) is 7.89. The summed E-state index contributed by atoms with van der Waals surface area (Å²) in [4.78, 5) is 0. The third-order valence-electron chi connectivity index (χ3n) is 4.57. The van der Waals surface area contributed by atoms with Crippen molar-refractivity contribution < 1.29 is 9.50 Å². The Morgan fingerprint density at radius 1 is 1.15 bits per heavy atom. The van der Waals surface area contributed by atoms with E-state index in [9.17, 15) is 9.50 Å². The fourth-order valence-electron chi connectivity index (χ4n) is 3.30. The lowest BCUT2D eigenvalue weighted by molar-refractivity contribution is 0.314. The maximum atomic E-state index is 13.9. The van der Waals surface area contributed by atoms with Gasteiger partial charge in [0, 0.05) is 23.7 Å². The Morgan fingerprint density at radius 3 is 2.40 bits per heavy atom. The van der Waals surface area contributed by atoms with Gasteiger partial charge in [0.25, 0.3) is 0 Å². The monoisotopic (exact) mass is 279 g/mol. The van der Waals surface area contributed by atoms with Crippen molar-refractivity contribution in [3.63, 3.8) is 0 Å². The van der Waals surface area contributed by atoms with E-state index < -0.39 is 0 Å². The zero-order valence-corrected chi connectivity index (χ0v) is 12.5. The van der Waals surface area contributed by atoms with Crippen molar-refractivity contribution in [2.75, 3.05) is 0 Å². The van der Waals surface area contributed by atoms with Gasteiger partial charge in [-0.3, -0.25) is 0 Å². The van der Waals surface area contributed by atoms with Crippen LogP contribution in [0.1, 0.15) is 64.0 Å². The van der Waals surface area contributed by atoms with Crippen molar-refractivity contribution in [3.8, 4) is 5.75 Å². The van der Waals surface area contributed by atoms with Crippen LogP contribution < -0.4 is 5.32 Å². The van der Waals surface area contributed by atoms with E-state index in [1.54, 1.807) is 12.1 Å². The summed E-state index contributed by atoms with van der Waals surface area (Å²) in [5.74, 6) is 0.341. The molecule has 2 N–H and O–H groups in total. The second-order valence-corrected chi connectivity index (χ2v) is 6.13. The SMILES string of the molecule is CC(N[C@H](C)C1CCCCCC1)c1ccc(O)cc1F. The summed E-state index contributed by atoms with van der Waals surface area (Å²) in [5, 5.41) is 12.8. The van der Waals surface area contributed by atoms with Crippen LogP contribution in [0, 0.1) is 11.7 Å². The standard InChI is InChI=1S/C17H26FNO/c1-12(14-7-5-3-4-6-8-14)19-13(2)16-10-9-15(20)11-17(16)18/h9-14,19-20H,3-8H2,1-2H3/t12-,13?/m1/s1. The highest BCUT2D eigenvalue weighted by Gasteiger charge is 2.21. The molecule has 2 nitrogen and oxygen atoms in total. The van der Waals surface area contributed by atoms with Crippen LogP contribution in [0.15, 0.2) is 18.2 Å². The third-order valence-corrected chi connectivity index (χ3v) is 4.57. The molecule has 0 heterocycles. The molecular formula is C17H26FNO. The lowest BCUT2D eigenvalue weighted by Gasteiger charge is -2.27. The highest BCUT2D eigenvalue weighted by molar-refractivity contribution is 5.29. The van der Waals surface area contributed by atoms with Gasteiger partial charge in [-0.15, -0.1) is 0 Å². The molecule has 0 aliphatic heterocycles. The Bertz CT molecular complexity index is 427. The summed E-state index contributed by atoms with van der Waals surface area (Å²) >= 11 is 0. The molecular weight excluding hydrogens is 253 g/mol. The van der Waals surface area contributed by atoms with Gasteiger partial charge in [0.15, 0.2) is 0 Å². The van der Waals surface area contributed by atoms with E-state index in [-0.39, 0.29) is 17.6 Å². The van der Waals surface area contributed by atoms with Gasteiger partial charge in [0.05, 0.1) is 0 Å². The van der Waals surface area contributed by atoms with Gasteiger partial charge in [0.2, 0.25) is 0 Å². The van der Waals surface area contributed by atoms with Gasteiger partial charge in [0.1, 0.15) is 11.6 Å². The Morgan fingerprint density at radius 2 is 1.80 bits per heavy atom. The first-order valence-electron chi connectivity index (χ1n) is 7.82. The minimum atomic E-state index is -0.335. The second-order valence-electron chi connectivity index (χ2n) is 6.13. The van der Waals surface area contributed by atoms with Gasteiger partial charge in [-0.1, -0.05) is 31.7 Å². The van der Waals surface area contributed by atoms with Crippen LogP contribution in [0.5, 0.6) is 5.75 Å². The molecule has 1 aromatic rings. The lowest BCUT2D eigenvalue weighted by atomic mass is 9.92. The Labute approximate surface area is 121 Å². The molecule has 3 heteroatoms. The lowest BCUT2D eigenvalue weighted by Crippen LogP contribution is -2.35. The first-order chi connectivity index (χ1) is 9.58. The largest absolute Gasteiger partial charge is 0.508 e. The molecule has 2 rings (SSSR count). The van der Waals surface area contributed by atoms with Crippen molar-refractivity contribution in [1.29, 1.82) is 0 Å². The molecule has 0 radical (unpaired) electrons. The molecule has 0 spiro atoms. The van der Waals surface area contributed by atoms with Crippen LogP contribution in [0.3, 0.4) is 0 Å². The molecule has 0 aromatic heterocycles. The van der Waals surface area contributed by atoms with Crippen molar-refractivity contribution in [3.05, 3.63) is 29.6 Å². The fourth-order valence-corrected chi connectivity index (χ4v) is 3.30. The quantitative estimate of drug-likeness (QED) is 0.793. The smallest absolute Gasteiger partial charge is 0.131 e. The maximum Gasteiger partial charge on any atom is 0.131 e. The van der Waals surface area contributed by atoms with E-state index in [2.05, 4.69) is 12.2 Å². The van der Waals surface area contributed by atoms with E-state index in [0.717, 1.165) is 0 Å². The van der Waals surface area contributed by atoms with Crippen molar-refractivity contribution in [2.45, 2.75) is 64.5 Å². The molecule has 1 aromatic carbocycles. The second kappa shape index (κ2) is 7.07. The Hall–Kier alpha value is -1.09. The number of phenols is 1. The summed E-state index contributed by atoms with van der Waals surface area (Å²) < 4.78 is 13.9. The Kier molecular flexibility index (Phi) is 5.41. The maximum absolute atomic E-state index is 13.9. The van der Waals surface area contributed by atoms with Crippen molar-refractivity contribution in [1.82, 2.24) is 5.32 Å². The van der Waals surface area contributed by atoms with E-state index in [0.29, 0.717) is 17.5 Å². The van der Waals surface area contributed by atoms with E-state index >= 15 is 0 Å². The van der Waals surface area contributed by atoms with Crippen molar-refractivity contribution in [2.24, 2.45) is 5.92 Å². The fraction of sp³-hybridized carbons (Fsp3) is 0.647. The number of benzene rings is 1. The van der Waals surface area contributed by atoms with Crippen LogP contribution in [0.4, 0.5) is 4.39 Å².